The average Bonchev–Trinajstić information content (AvgIpc) is 3.38. The monoisotopic (exact) mass is 522 g/mol. The predicted octanol–water partition coefficient (Wildman–Crippen LogP) is 2.53. The van der Waals surface area contributed by atoms with Gasteiger partial charge in [-0.2, -0.15) is 4.98 Å². The van der Waals surface area contributed by atoms with Crippen LogP contribution in [0.5, 0.6) is 0 Å². The van der Waals surface area contributed by atoms with E-state index in [4.69, 9.17) is 17.0 Å². The Morgan fingerprint density at radius 2 is 1.94 bits per heavy atom. The number of likely N-dealkylation sites (tertiary alicyclic amines) is 1. The van der Waals surface area contributed by atoms with E-state index in [1.54, 1.807) is 6.08 Å². The number of piperidine rings is 1. The summed E-state index contributed by atoms with van der Waals surface area (Å²) in [6.07, 6.45) is 6.40. The molecular formula is C26H27ClN6O2S. The van der Waals surface area contributed by atoms with E-state index in [1.807, 2.05) is 49.9 Å². The maximum atomic E-state index is 12.9. The third-order valence-electron chi connectivity index (χ3n) is 6.69. The highest BCUT2D eigenvalue weighted by Gasteiger charge is 2.17. The van der Waals surface area contributed by atoms with Gasteiger partial charge >= 0.3 is 0 Å². The second-order valence-corrected chi connectivity index (χ2v) is 10.5. The summed E-state index contributed by atoms with van der Waals surface area (Å²) < 4.78 is 4.10. The fraction of sp³-hybridized carbons (Fsp3) is 0.308. The van der Waals surface area contributed by atoms with Crippen LogP contribution in [0.25, 0.3) is 23.0 Å². The van der Waals surface area contributed by atoms with Crippen LogP contribution in [-0.4, -0.2) is 43.2 Å². The summed E-state index contributed by atoms with van der Waals surface area (Å²) in [7, 11) is 0. The van der Waals surface area contributed by atoms with Crippen molar-refractivity contribution in [1.82, 2.24) is 24.2 Å². The minimum atomic E-state index is -0.479. The summed E-state index contributed by atoms with van der Waals surface area (Å²) in [5, 5.41) is 13.0. The first-order chi connectivity index (χ1) is 17.2. The molecule has 1 aromatic carbocycles. The van der Waals surface area contributed by atoms with Crippen molar-refractivity contribution < 1.29 is 4.79 Å². The standard InChI is InChI=1S/C26H27ClN6O2S/c1-15-12-18(17(3)32(15)21-9-7-8-20(27)16(21)2)13-19-24(28)33-26(29-25(19)35)36-22(30-33)14-23(34)31-10-5-4-6-11-31/h7-9,12-14,28,30H,4-6,10-11H2,1-3H3/b19-13+,22-14+,28-24?. The van der Waals surface area contributed by atoms with Crippen LogP contribution in [0, 0.1) is 26.2 Å². The zero-order valence-electron chi connectivity index (χ0n) is 20.4. The zero-order valence-corrected chi connectivity index (χ0v) is 22.0. The first-order valence-corrected chi connectivity index (χ1v) is 13.1. The van der Waals surface area contributed by atoms with Crippen molar-refractivity contribution in [3.63, 3.8) is 0 Å². The molecule has 0 radical (unpaired) electrons. The predicted molar refractivity (Wildman–Crippen MR) is 142 cm³/mol. The molecule has 5 rings (SSSR count). The van der Waals surface area contributed by atoms with Crippen LogP contribution in [0.2, 0.25) is 5.02 Å². The van der Waals surface area contributed by atoms with Gasteiger partial charge < -0.3 is 9.47 Å². The Hall–Kier alpha value is -3.43. The minimum Gasteiger partial charge on any atom is -0.339 e. The van der Waals surface area contributed by atoms with Crippen molar-refractivity contribution in [1.29, 1.82) is 5.41 Å². The number of amides is 1. The topological polar surface area (TPSA) is 99.8 Å². The Labute approximate surface area is 216 Å². The lowest BCUT2D eigenvalue weighted by molar-refractivity contribution is -0.125. The number of nitrogens with one attached hydrogen (secondary N) is 2. The quantitative estimate of drug-likeness (QED) is 0.432. The number of halogens is 1. The number of H-pyrrole nitrogens is 1. The van der Waals surface area contributed by atoms with Gasteiger partial charge in [-0.15, -0.1) is 0 Å². The van der Waals surface area contributed by atoms with Crippen molar-refractivity contribution in [2.75, 3.05) is 13.1 Å². The van der Waals surface area contributed by atoms with E-state index < -0.39 is 5.56 Å². The van der Waals surface area contributed by atoms with Gasteiger partial charge in [0.05, 0.1) is 5.22 Å². The molecular weight excluding hydrogens is 496 g/mol. The van der Waals surface area contributed by atoms with E-state index >= 15 is 0 Å². The molecule has 0 aliphatic carbocycles. The Balaban J connectivity index is 1.60. The number of fused-ring (bicyclic) bond motifs is 1. The van der Waals surface area contributed by atoms with Crippen molar-refractivity contribution in [2.45, 2.75) is 40.0 Å². The summed E-state index contributed by atoms with van der Waals surface area (Å²) in [4.78, 5) is 31.6. The minimum absolute atomic E-state index is 0.00457. The van der Waals surface area contributed by atoms with Crippen molar-refractivity contribution in [3.8, 4) is 10.8 Å². The number of carbonyl (C=O) groups is 1. The maximum Gasteiger partial charge on any atom is 0.283 e. The summed E-state index contributed by atoms with van der Waals surface area (Å²) in [6, 6.07) is 7.76. The third-order valence-corrected chi connectivity index (χ3v) is 7.99. The van der Waals surface area contributed by atoms with E-state index in [0.29, 0.717) is 14.8 Å². The Morgan fingerprint density at radius 1 is 1.19 bits per heavy atom. The van der Waals surface area contributed by atoms with Crippen molar-refractivity contribution in [3.05, 3.63) is 77.5 Å². The Bertz CT molecular complexity index is 1690. The van der Waals surface area contributed by atoms with E-state index in [-0.39, 0.29) is 16.6 Å². The van der Waals surface area contributed by atoms with Gasteiger partial charge in [0, 0.05) is 41.3 Å². The number of aromatic nitrogens is 4. The van der Waals surface area contributed by atoms with Crippen LogP contribution in [0.15, 0.2) is 29.1 Å². The van der Waals surface area contributed by atoms with Gasteiger partial charge in [0.15, 0.2) is 5.49 Å². The molecule has 4 heterocycles. The van der Waals surface area contributed by atoms with Crippen molar-refractivity contribution in [2.24, 2.45) is 0 Å². The first kappa shape index (κ1) is 24.3. The molecule has 0 unspecified atom stereocenters. The maximum absolute atomic E-state index is 12.9. The van der Waals surface area contributed by atoms with Crippen LogP contribution < -0.4 is 20.9 Å². The van der Waals surface area contributed by atoms with Crippen LogP contribution in [0.1, 0.15) is 41.8 Å². The number of aryl methyl sites for hydroxylation is 1. The molecule has 3 aliphatic rings. The summed E-state index contributed by atoms with van der Waals surface area (Å²) in [5.74, 6) is -0.0671. The van der Waals surface area contributed by atoms with Crippen LogP contribution >= 0.6 is 22.9 Å². The molecule has 1 fully saturated rings. The molecule has 1 amide bonds. The second-order valence-electron chi connectivity index (χ2n) is 9.10. The van der Waals surface area contributed by atoms with Crippen LogP contribution in [0.3, 0.4) is 0 Å². The fourth-order valence-electron chi connectivity index (χ4n) is 4.73. The van der Waals surface area contributed by atoms with Gasteiger partial charge in [0.2, 0.25) is 11.0 Å². The van der Waals surface area contributed by atoms with Gasteiger partial charge in [0.1, 0.15) is 4.66 Å². The first-order valence-electron chi connectivity index (χ1n) is 11.9. The van der Waals surface area contributed by atoms with Crippen molar-refractivity contribution >= 4 is 41.0 Å². The molecule has 10 heteroatoms. The van der Waals surface area contributed by atoms with Gasteiger partial charge in [-0.05, 0) is 75.4 Å². The molecule has 2 N–H and O–H groups in total. The number of benzene rings is 1. The molecule has 1 saturated heterocycles. The smallest absolute Gasteiger partial charge is 0.283 e. The molecule has 36 heavy (non-hydrogen) atoms. The molecule has 0 spiro atoms. The van der Waals surface area contributed by atoms with Gasteiger partial charge in [-0.1, -0.05) is 29.0 Å². The molecule has 186 valence electrons. The zero-order chi connectivity index (χ0) is 25.6. The van der Waals surface area contributed by atoms with E-state index in [1.165, 1.54) is 22.1 Å². The highest BCUT2D eigenvalue weighted by Crippen LogP contribution is 2.27. The number of hydrogen-bond acceptors (Lipinski definition) is 5. The number of aromatic amines is 1. The lowest BCUT2D eigenvalue weighted by Gasteiger charge is -2.25. The Morgan fingerprint density at radius 3 is 2.69 bits per heavy atom. The normalized spacial score (nSPS) is 15.3. The lowest BCUT2D eigenvalue weighted by atomic mass is 10.1. The number of carbonyl (C=O) groups excluding carboxylic acids is 1. The molecule has 1 aromatic heterocycles. The van der Waals surface area contributed by atoms with Crippen LogP contribution in [-0.2, 0) is 4.79 Å². The van der Waals surface area contributed by atoms with Crippen LogP contribution in [0.4, 0.5) is 0 Å². The van der Waals surface area contributed by atoms with E-state index in [0.717, 1.165) is 60.6 Å². The lowest BCUT2D eigenvalue weighted by Crippen LogP contribution is -2.47. The largest absolute Gasteiger partial charge is 0.339 e. The van der Waals surface area contributed by atoms with E-state index in [9.17, 15) is 9.59 Å². The summed E-state index contributed by atoms with van der Waals surface area (Å²) >= 11 is 7.54. The molecule has 0 saturated carbocycles. The van der Waals surface area contributed by atoms with E-state index in [2.05, 4.69) is 14.6 Å². The number of hydrogen-bond donors (Lipinski definition) is 2. The third kappa shape index (κ3) is 4.33. The summed E-state index contributed by atoms with van der Waals surface area (Å²) in [6.45, 7) is 7.46. The highest BCUT2D eigenvalue weighted by molar-refractivity contribution is 7.11. The second kappa shape index (κ2) is 9.55. The highest BCUT2D eigenvalue weighted by atomic mass is 35.5. The van der Waals surface area contributed by atoms with Gasteiger partial charge in [-0.25, -0.2) is 4.68 Å². The Kier molecular flexibility index (Phi) is 6.44. The molecule has 2 aromatic rings. The molecule has 0 atom stereocenters. The molecule has 0 bridgehead atoms. The molecule has 8 nitrogen and oxygen atoms in total. The number of nitrogens with zero attached hydrogens (tertiary/aromatic N) is 4. The molecule has 3 aliphatic heterocycles. The average molecular weight is 523 g/mol. The summed E-state index contributed by atoms with van der Waals surface area (Å²) in [5.41, 5.74) is 4.19. The SMILES string of the molecule is Cc1c(Cl)cccc1-n1c(C)cc(/C=c2/c(=O)nc3s/c(=C/C(=O)N4CCCCC4)[nH]n-3c2=N)c1C. The van der Waals surface area contributed by atoms with Gasteiger partial charge in [-0.3, -0.25) is 20.1 Å². The van der Waals surface area contributed by atoms with Gasteiger partial charge in [0.25, 0.3) is 5.56 Å². The number of rotatable bonds is 3. The fourth-order valence-corrected chi connectivity index (χ4v) is 5.75.